The van der Waals surface area contributed by atoms with Gasteiger partial charge in [-0.15, -0.1) is 0 Å². The summed E-state index contributed by atoms with van der Waals surface area (Å²) >= 11 is 0. The van der Waals surface area contributed by atoms with Crippen molar-refractivity contribution in [3.63, 3.8) is 0 Å². The summed E-state index contributed by atoms with van der Waals surface area (Å²) in [4.78, 5) is 38.2. The smallest absolute Gasteiger partial charge is 0.407 e. The number of aliphatic hydroxyl groups is 1. The molecule has 0 unspecified atom stereocenters. The van der Waals surface area contributed by atoms with E-state index in [1.807, 2.05) is 36.4 Å². The molecule has 2 aliphatic carbocycles. The number of carboxylic acid groups (broad SMARTS) is 1. The van der Waals surface area contributed by atoms with Gasteiger partial charge < -0.3 is 25.2 Å². The third-order valence-corrected chi connectivity index (χ3v) is 7.05. The molecule has 0 radical (unpaired) electrons. The maximum absolute atomic E-state index is 13.0. The number of alkyl carbamates (subject to hydrolysis) is 1. The highest BCUT2D eigenvalue weighted by atomic mass is 16.5. The minimum absolute atomic E-state index is 0.00247. The first kappa shape index (κ1) is 21.5. The van der Waals surface area contributed by atoms with Gasteiger partial charge in [-0.2, -0.15) is 0 Å². The topological polar surface area (TPSA) is 116 Å². The second kappa shape index (κ2) is 8.19. The molecule has 2 amide bonds. The van der Waals surface area contributed by atoms with Crippen molar-refractivity contribution in [1.29, 1.82) is 0 Å². The summed E-state index contributed by atoms with van der Waals surface area (Å²) in [5.41, 5.74) is 3.71. The van der Waals surface area contributed by atoms with Gasteiger partial charge in [-0.25, -0.2) is 9.59 Å². The number of hydrogen-bond acceptors (Lipinski definition) is 5. The van der Waals surface area contributed by atoms with Gasteiger partial charge in [-0.05, 0) is 35.1 Å². The Morgan fingerprint density at radius 1 is 1.03 bits per heavy atom. The van der Waals surface area contributed by atoms with Crippen molar-refractivity contribution in [2.45, 2.75) is 37.3 Å². The zero-order valence-corrected chi connectivity index (χ0v) is 18.1. The molecule has 172 valence electrons. The van der Waals surface area contributed by atoms with E-state index >= 15 is 0 Å². The number of nitrogens with zero attached hydrogens (tertiary/aromatic N) is 1. The molecule has 3 N–H and O–H groups in total. The van der Waals surface area contributed by atoms with Gasteiger partial charge in [-0.3, -0.25) is 4.79 Å². The molecule has 2 aromatic carbocycles. The number of amides is 2. The Bertz CT molecular complexity index is 1070. The Labute approximate surface area is 191 Å². The van der Waals surface area contributed by atoms with Crippen molar-refractivity contribution in [2.24, 2.45) is 5.41 Å². The SMILES string of the molecule is O=C(NCC1(C(=O)N2C[C@H](O)C[C@H]2C(=O)O)CC1)OCC1c2ccccc2-c2ccccc21. The molecule has 0 aromatic heterocycles. The number of nitrogens with one attached hydrogen (secondary N) is 1. The molecule has 2 atom stereocenters. The van der Waals surface area contributed by atoms with Gasteiger partial charge in [0.15, 0.2) is 0 Å². The van der Waals surface area contributed by atoms with Gasteiger partial charge in [-0.1, -0.05) is 48.5 Å². The van der Waals surface area contributed by atoms with Gasteiger partial charge in [0.2, 0.25) is 5.91 Å². The van der Waals surface area contributed by atoms with Crippen LogP contribution in [0.4, 0.5) is 4.79 Å². The molecule has 1 aliphatic heterocycles. The van der Waals surface area contributed by atoms with Crippen molar-refractivity contribution in [2.75, 3.05) is 19.7 Å². The van der Waals surface area contributed by atoms with Crippen LogP contribution in [-0.2, 0) is 14.3 Å². The van der Waals surface area contributed by atoms with Crippen LogP contribution in [-0.4, -0.2) is 64.9 Å². The van der Waals surface area contributed by atoms with Crippen LogP contribution < -0.4 is 5.32 Å². The van der Waals surface area contributed by atoms with Gasteiger partial charge in [0, 0.05) is 25.4 Å². The number of fused-ring (bicyclic) bond motifs is 3. The first-order valence-electron chi connectivity index (χ1n) is 11.2. The predicted molar refractivity (Wildman–Crippen MR) is 118 cm³/mol. The maximum Gasteiger partial charge on any atom is 0.407 e. The number of rotatable bonds is 6. The van der Waals surface area contributed by atoms with E-state index in [4.69, 9.17) is 4.74 Å². The molecule has 1 saturated heterocycles. The highest BCUT2D eigenvalue weighted by molar-refractivity contribution is 5.90. The number of β-amino-alcohol motifs (C(OH)–C–C–N with tert-alkyl or cyclic N) is 1. The van der Waals surface area contributed by atoms with Crippen molar-refractivity contribution in [3.8, 4) is 11.1 Å². The number of aliphatic hydroxyl groups excluding tert-OH is 1. The molecule has 0 spiro atoms. The summed E-state index contributed by atoms with van der Waals surface area (Å²) < 4.78 is 5.54. The molecule has 8 nitrogen and oxygen atoms in total. The number of carbonyl (C=O) groups is 3. The lowest BCUT2D eigenvalue weighted by molar-refractivity contribution is -0.150. The fourth-order valence-corrected chi connectivity index (χ4v) is 5.08. The van der Waals surface area contributed by atoms with Crippen LogP contribution in [0.3, 0.4) is 0 Å². The lowest BCUT2D eigenvalue weighted by Crippen LogP contribution is -2.47. The summed E-state index contributed by atoms with van der Waals surface area (Å²) in [6, 6.07) is 15.1. The Hall–Kier alpha value is -3.39. The van der Waals surface area contributed by atoms with Crippen molar-refractivity contribution < 1.29 is 29.3 Å². The van der Waals surface area contributed by atoms with Crippen LogP contribution in [0, 0.1) is 5.41 Å². The predicted octanol–water partition coefficient (Wildman–Crippen LogP) is 2.35. The van der Waals surface area contributed by atoms with E-state index in [0.29, 0.717) is 12.8 Å². The van der Waals surface area contributed by atoms with Crippen molar-refractivity contribution >= 4 is 18.0 Å². The molecule has 33 heavy (non-hydrogen) atoms. The van der Waals surface area contributed by atoms with E-state index in [0.717, 1.165) is 22.3 Å². The quantitative estimate of drug-likeness (QED) is 0.622. The number of carboxylic acids is 1. The van der Waals surface area contributed by atoms with Crippen LogP contribution >= 0.6 is 0 Å². The van der Waals surface area contributed by atoms with E-state index in [2.05, 4.69) is 17.4 Å². The van der Waals surface area contributed by atoms with Crippen LogP contribution in [0.25, 0.3) is 11.1 Å². The van der Waals surface area contributed by atoms with E-state index in [1.54, 1.807) is 0 Å². The highest BCUT2D eigenvalue weighted by Gasteiger charge is 2.55. The minimum Gasteiger partial charge on any atom is -0.480 e. The molecule has 3 aliphatic rings. The lowest BCUT2D eigenvalue weighted by Gasteiger charge is -2.26. The summed E-state index contributed by atoms with van der Waals surface area (Å²) in [5.74, 6) is -1.51. The molecule has 1 heterocycles. The Morgan fingerprint density at radius 2 is 1.64 bits per heavy atom. The van der Waals surface area contributed by atoms with Gasteiger partial charge in [0.05, 0.1) is 11.5 Å². The summed E-state index contributed by atoms with van der Waals surface area (Å²) in [5, 5.41) is 21.9. The number of ether oxygens (including phenoxy) is 1. The minimum atomic E-state index is -1.12. The van der Waals surface area contributed by atoms with Crippen molar-refractivity contribution in [3.05, 3.63) is 59.7 Å². The van der Waals surface area contributed by atoms with E-state index in [1.165, 1.54) is 4.90 Å². The van der Waals surface area contributed by atoms with Gasteiger partial charge in [0.25, 0.3) is 0 Å². The molecule has 5 rings (SSSR count). The third-order valence-electron chi connectivity index (χ3n) is 7.05. The number of benzene rings is 2. The average molecular weight is 450 g/mol. The second-order valence-corrected chi connectivity index (χ2v) is 9.16. The largest absolute Gasteiger partial charge is 0.480 e. The summed E-state index contributed by atoms with van der Waals surface area (Å²) in [6.07, 6.45) is -0.298. The maximum atomic E-state index is 13.0. The summed E-state index contributed by atoms with van der Waals surface area (Å²) in [6.45, 7) is 0.268. The van der Waals surface area contributed by atoms with Crippen LogP contribution in [0.15, 0.2) is 48.5 Å². The van der Waals surface area contributed by atoms with Gasteiger partial charge in [0.1, 0.15) is 12.6 Å². The zero-order chi connectivity index (χ0) is 23.2. The zero-order valence-electron chi connectivity index (χ0n) is 18.1. The Morgan fingerprint density at radius 3 is 2.21 bits per heavy atom. The Balaban J connectivity index is 1.20. The molecule has 1 saturated carbocycles. The second-order valence-electron chi connectivity index (χ2n) is 9.16. The standard InChI is InChI=1S/C25H26N2O6/c28-15-11-21(22(29)30)27(12-15)23(31)25(9-10-25)14-26-24(32)33-13-20-18-7-3-1-5-16(18)17-6-2-4-8-19(17)20/h1-8,15,20-21,28H,9-14H2,(H,26,32)(H,29,30)/t15-,21+/m1/s1. The van der Waals surface area contributed by atoms with Crippen LogP contribution in [0.1, 0.15) is 36.3 Å². The normalized spacial score (nSPS) is 22.4. The molecule has 0 bridgehead atoms. The molecule has 8 heteroatoms. The average Bonchev–Trinajstić information content (AvgIpc) is 3.41. The third kappa shape index (κ3) is 3.84. The molecule has 2 aromatic rings. The number of carbonyl (C=O) groups excluding carboxylic acids is 2. The van der Waals surface area contributed by atoms with Crippen molar-refractivity contribution in [1.82, 2.24) is 10.2 Å². The number of likely N-dealkylation sites (tertiary alicyclic amines) is 1. The number of aliphatic carboxylic acids is 1. The van der Waals surface area contributed by atoms with E-state index < -0.39 is 29.6 Å². The monoisotopic (exact) mass is 450 g/mol. The van der Waals surface area contributed by atoms with Gasteiger partial charge >= 0.3 is 12.1 Å². The van der Waals surface area contributed by atoms with E-state index in [9.17, 15) is 24.6 Å². The lowest BCUT2D eigenvalue weighted by atomic mass is 9.98. The first-order chi connectivity index (χ1) is 15.9. The number of hydrogen-bond donors (Lipinski definition) is 3. The molecular weight excluding hydrogens is 424 g/mol. The molecular formula is C25H26N2O6. The first-order valence-corrected chi connectivity index (χ1v) is 11.2. The fourth-order valence-electron chi connectivity index (χ4n) is 5.08. The molecule has 2 fully saturated rings. The van der Waals surface area contributed by atoms with Crippen LogP contribution in [0.5, 0.6) is 0 Å². The Kier molecular flexibility index (Phi) is 5.32. The fraction of sp³-hybridized carbons (Fsp3) is 0.400. The summed E-state index contributed by atoms with van der Waals surface area (Å²) in [7, 11) is 0. The van der Waals surface area contributed by atoms with Crippen LogP contribution in [0.2, 0.25) is 0 Å². The van der Waals surface area contributed by atoms with E-state index in [-0.39, 0.29) is 37.9 Å². The highest BCUT2D eigenvalue weighted by Crippen LogP contribution is 2.48.